The minimum Gasteiger partial charge on any atom is -0.488 e. The molecule has 2 nitrogen and oxygen atoms in total. The summed E-state index contributed by atoms with van der Waals surface area (Å²) in [6.07, 6.45) is -1.06. The first-order valence-electron chi connectivity index (χ1n) is 6.40. The highest BCUT2D eigenvalue weighted by Crippen LogP contribution is 2.20. The number of halogens is 2. The topological polar surface area (TPSA) is 29.5 Å². The van der Waals surface area contributed by atoms with Crippen LogP contribution in [0.25, 0.3) is 0 Å². The van der Waals surface area contributed by atoms with Crippen LogP contribution in [0.2, 0.25) is 5.02 Å². The summed E-state index contributed by atoms with van der Waals surface area (Å²) >= 11 is 5.87. The largest absolute Gasteiger partial charge is 0.488 e. The SMILES string of the molecule is CC(Oc1cccc(Cl)c1)C(O)Cc1ccccc1F. The van der Waals surface area contributed by atoms with Gasteiger partial charge in [-0.25, -0.2) is 4.39 Å². The summed E-state index contributed by atoms with van der Waals surface area (Å²) in [5.41, 5.74) is 0.474. The first-order valence-corrected chi connectivity index (χ1v) is 6.78. The van der Waals surface area contributed by atoms with E-state index in [1.165, 1.54) is 6.07 Å². The molecule has 2 rings (SSSR count). The van der Waals surface area contributed by atoms with Gasteiger partial charge in [0, 0.05) is 11.4 Å². The molecular weight excluding hydrogens is 279 g/mol. The minimum absolute atomic E-state index is 0.203. The number of rotatable bonds is 5. The van der Waals surface area contributed by atoms with Crippen molar-refractivity contribution in [1.82, 2.24) is 0 Å². The predicted molar refractivity (Wildman–Crippen MR) is 77.7 cm³/mol. The maximum Gasteiger partial charge on any atom is 0.126 e. The Bertz CT molecular complexity index is 574. The van der Waals surface area contributed by atoms with Crippen molar-refractivity contribution in [1.29, 1.82) is 0 Å². The third-order valence-corrected chi connectivity index (χ3v) is 3.28. The quantitative estimate of drug-likeness (QED) is 0.907. The first kappa shape index (κ1) is 14.8. The Labute approximate surface area is 122 Å². The average molecular weight is 295 g/mol. The molecule has 0 aliphatic rings. The number of benzene rings is 2. The number of hydrogen-bond donors (Lipinski definition) is 1. The summed E-state index contributed by atoms with van der Waals surface area (Å²) in [6.45, 7) is 1.74. The molecule has 0 heterocycles. The monoisotopic (exact) mass is 294 g/mol. The standard InChI is InChI=1S/C16H16ClFO2/c1-11(20-14-7-4-6-13(17)10-14)16(19)9-12-5-2-3-8-15(12)18/h2-8,10-11,16,19H,9H2,1H3. The zero-order chi connectivity index (χ0) is 14.5. The van der Waals surface area contributed by atoms with Crippen LogP contribution in [-0.4, -0.2) is 17.3 Å². The van der Waals surface area contributed by atoms with Gasteiger partial charge >= 0.3 is 0 Å². The van der Waals surface area contributed by atoms with Crippen LogP contribution in [-0.2, 0) is 6.42 Å². The fourth-order valence-electron chi connectivity index (χ4n) is 1.89. The van der Waals surface area contributed by atoms with Crippen molar-refractivity contribution >= 4 is 11.6 Å². The van der Waals surface area contributed by atoms with Crippen molar-refractivity contribution in [3.63, 3.8) is 0 Å². The first-order chi connectivity index (χ1) is 9.56. The van der Waals surface area contributed by atoms with E-state index < -0.39 is 12.2 Å². The molecule has 0 radical (unpaired) electrons. The van der Waals surface area contributed by atoms with E-state index in [0.717, 1.165) is 0 Å². The molecule has 0 spiro atoms. The van der Waals surface area contributed by atoms with Crippen molar-refractivity contribution in [3.05, 3.63) is 64.9 Å². The zero-order valence-electron chi connectivity index (χ0n) is 11.1. The van der Waals surface area contributed by atoms with Crippen molar-refractivity contribution in [2.24, 2.45) is 0 Å². The molecule has 106 valence electrons. The molecule has 2 aromatic carbocycles. The molecule has 2 atom stereocenters. The third-order valence-electron chi connectivity index (χ3n) is 3.05. The second-order valence-corrected chi connectivity index (χ2v) is 5.08. The van der Waals surface area contributed by atoms with Crippen LogP contribution in [0.5, 0.6) is 5.75 Å². The lowest BCUT2D eigenvalue weighted by molar-refractivity contribution is 0.0473. The van der Waals surface area contributed by atoms with Crippen LogP contribution in [0.3, 0.4) is 0 Å². The van der Waals surface area contributed by atoms with Crippen molar-refractivity contribution in [3.8, 4) is 5.75 Å². The lowest BCUT2D eigenvalue weighted by Crippen LogP contribution is -2.30. The van der Waals surface area contributed by atoms with Crippen LogP contribution in [0.4, 0.5) is 4.39 Å². The zero-order valence-corrected chi connectivity index (χ0v) is 11.8. The molecule has 0 aliphatic carbocycles. The summed E-state index contributed by atoms with van der Waals surface area (Å²) in [5, 5.41) is 10.7. The van der Waals surface area contributed by atoms with Gasteiger partial charge in [-0.1, -0.05) is 35.9 Å². The Morgan fingerprint density at radius 2 is 1.95 bits per heavy atom. The minimum atomic E-state index is -0.800. The van der Waals surface area contributed by atoms with E-state index in [-0.39, 0.29) is 12.2 Å². The maximum absolute atomic E-state index is 13.5. The van der Waals surface area contributed by atoms with Gasteiger partial charge in [0.2, 0.25) is 0 Å². The predicted octanol–water partition coefficient (Wildman–Crippen LogP) is 3.85. The molecule has 0 bridgehead atoms. The summed E-state index contributed by atoms with van der Waals surface area (Å²) in [6, 6.07) is 13.4. The molecule has 1 N–H and O–H groups in total. The van der Waals surface area contributed by atoms with Gasteiger partial charge in [-0.05, 0) is 36.8 Å². The van der Waals surface area contributed by atoms with Gasteiger partial charge in [-0.15, -0.1) is 0 Å². The Balaban J connectivity index is 1.99. The maximum atomic E-state index is 13.5. The van der Waals surface area contributed by atoms with E-state index in [2.05, 4.69) is 0 Å². The molecular formula is C16H16ClFO2. The molecule has 0 aromatic heterocycles. The molecule has 0 fully saturated rings. The molecule has 0 amide bonds. The van der Waals surface area contributed by atoms with E-state index in [1.54, 1.807) is 49.4 Å². The molecule has 2 unspecified atom stereocenters. The second kappa shape index (κ2) is 6.73. The number of ether oxygens (including phenoxy) is 1. The molecule has 4 heteroatoms. The van der Waals surface area contributed by atoms with E-state index in [9.17, 15) is 9.50 Å². The number of hydrogen-bond acceptors (Lipinski definition) is 2. The van der Waals surface area contributed by atoms with E-state index in [0.29, 0.717) is 16.3 Å². The van der Waals surface area contributed by atoms with Crippen LogP contribution < -0.4 is 4.74 Å². The van der Waals surface area contributed by atoms with E-state index in [1.807, 2.05) is 0 Å². The molecule has 2 aromatic rings. The van der Waals surface area contributed by atoms with Crippen LogP contribution in [0.15, 0.2) is 48.5 Å². The van der Waals surface area contributed by atoms with Gasteiger partial charge in [0.15, 0.2) is 0 Å². The number of aliphatic hydroxyl groups is 1. The van der Waals surface area contributed by atoms with E-state index >= 15 is 0 Å². The summed E-state index contributed by atoms with van der Waals surface area (Å²) in [4.78, 5) is 0. The van der Waals surface area contributed by atoms with Gasteiger partial charge in [-0.3, -0.25) is 0 Å². The van der Waals surface area contributed by atoms with E-state index in [4.69, 9.17) is 16.3 Å². The summed E-state index contributed by atoms with van der Waals surface area (Å²) in [5.74, 6) is 0.263. The van der Waals surface area contributed by atoms with Gasteiger partial charge in [0.25, 0.3) is 0 Å². The average Bonchev–Trinajstić information content (AvgIpc) is 2.41. The molecule has 0 aliphatic heterocycles. The highest BCUT2D eigenvalue weighted by Gasteiger charge is 2.18. The van der Waals surface area contributed by atoms with Gasteiger partial charge < -0.3 is 9.84 Å². The van der Waals surface area contributed by atoms with Crippen LogP contribution in [0.1, 0.15) is 12.5 Å². The third kappa shape index (κ3) is 3.95. The highest BCUT2D eigenvalue weighted by molar-refractivity contribution is 6.30. The Kier molecular flexibility index (Phi) is 4.99. The van der Waals surface area contributed by atoms with Gasteiger partial charge in [0.1, 0.15) is 17.7 Å². The highest BCUT2D eigenvalue weighted by atomic mass is 35.5. The van der Waals surface area contributed by atoms with Crippen LogP contribution >= 0.6 is 11.6 Å². The van der Waals surface area contributed by atoms with Crippen molar-refractivity contribution in [2.75, 3.05) is 0 Å². The second-order valence-electron chi connectivity index (χ2n) is 4.64. The Morgan fingerprint density at radius 3 is 2.65 bits per heavy atom. The van der Waals surface area contributed by atoms with Crippen molar-refractivity contribution < 1.29 is 14.2 Å². The molecule has 20 heavy (non-hydrogen) atoms. The Morgan fingerprint density at radius 1 is 1.20 bits per heavy atom. The Hall–Kier alpha value is -1.58. The van der Waals surface area contributed by atoms with Gasteiger partial charge in [-0.2, -0.15) is 0 Å². The lowest BCUT2D eigenvalue weighted by Gasteiger charge is -2.21. The molecule has 0 saturated heterocycles. The summed E-state index contributed by atoms with van der Waals surface area (Å²) < 4.78 is 19.1. The van der Waals surface area contributed by atoms with Crippen molar-refractivity contribution in [2.45, 2.75) is 25.6 Å². The molecule has 0 saturated carbocycles. The van der Waals surface area contributed by atoms with Gasteiger partial charge in [0.05, 0.1) is 6.10 Å². The fraction of sp³-hybridized carbons (Fsp3) is 0.250. The lowest BCUT2D eigenvalue weighted by atomic mass is 10.0. The fourth-order valence-corrected chi connectivity index (χ4v) is 2.07. The van der Waals surface area contributed by atoms with Crippen LogP contribution in [0, 0.1) is 5.82 Å². The number of aliphatic hydroxyl groups excluding tert-OH is 1. The summed E-state index contributed by atoms with van der Waals surface area (Å²) in [7, 11) is 0. The normalized spacial score (nSPS) is 13.8. The smallest absolute Gasteiger partial charge is 0.126 e.